The second kappa shape index (κ2) is 3.66. The summed E-state index contributed by atoms with van der Waals surface area (Å²) in [4.78, 5) is 32.6. The van der Waals surface area contributed by atoms with E-state index in [9.17, 15) is 9.59 Å². The van der Waals surface area contributed by atoms with E-state index in [-0.39, 0.29) is 24.4 Å². The summed E-state index contributed by atoms with van der Waals surface area (Å²) >= 11 is 0. The highest BCUT2D eigenvalue weighted by Crippen LogP contribution is 2.34. The number of benzene rings is 1. The van der Waals surface area contributed by atoms with Gasteiger partial charge in [0, 0.05) is 6.54 Å². The lowest BCUT2D eigenvalue weighted by Crippen LogP contribution is -2.44. The Morgan fingerprint density at radius 2 is 2.05 bits per heavy atom. The molecule has 2 amide bonds. The maximum atomic E-state index is 12.6. The lowest BCUT2D eigenvalue weighted by atomic mass is 10.1. The molecule has 0 bridgehead atoms. The number of hydrogen-bond donors (Lipinski definition) is 0. The number of hydrogen-bond acceptors (Lipinski definition) is 3. The zero-order chi connectivity index (χ0) is 13.0. The molecule has 4 rings (SSSR count). The Labute approximate surface area is 110 Å². The van der Waals surface area contributed by atoms with E-state index < -0.39 is 0 Å². The van der Waals surface area contributed by atoms with Crippen LogP contribution < -0.4 is 4.90 Å². The number of rotatable bonds is 0. The highest BCUT2D eigenvalue weighted by atomic mass is 16.2. The molecule has 1 saturated heterocycles. The van der Waals surface area contributed by atoms with Crippen LogP contribution in [0.3, 0.4) is 0 Å². The molecule has 1 aromatic carbocycles. The van der Waals surface area contributed by atoms with Crippen LogP contribution in [0.4, 0.5) is 5.69 Å². The molecule has 0 spiro atoms. The zero-order valence-corrected chi connectivity index (χ0v) is 10.4. The van der Waals surface area contributed by atoms with Gasteiger partial charge in [0.1, 0.15) is 12.4 Å². The van der Waals surface area contributed by atoms with Crippen LogP contribution in [0.25, 0.3) is 0 Å². The van der Waals surface area contributed by atoms with E-state index in [1.165, 1.54) is 0 Å². The third-order valence-electron chi connectivity index (χ3n) is 4.04. The molecule has 0 N–H and O–H groups in total. The molecule has 1 aromatic rings. The van der Waals surface area contributed by atoms with E-state index in [0.717, 1.165) is 25.2 Å². The highest BCUT2D eigenvalue weighted by Gasteiger charge is 2.44. The lowest BCUT2D eigenvalue weighted by molar-refractivity contribution is -0.115. The van der Waals surface area contributed by atoms with Crippen molar-refractivity contribution in [2.24, 2.45) is 4.99 Å². The van der Waals surface area contributed by atoms with Crippen molar-refractivity contribution in [2.75, 3.05) is 18.0 Å². The van der Waals surface area contributed by atoms with Crippen LogP contribution >= 0.6 is 0 Å². The number of carbonyl (C=O) groups is 2. The second-order valence-electron chi connectivity index (χ2n) is 5.08. The average Bonchev–Trinajstić information content (AvgIpc) is 3.02. The van der Waals surface area contributed by atoms with Gasteiger partial charge in [0.05, 0.1) is 17.3 Å². The molecule has 0 unspecified atom stereocenters. The third kappa shape index (κ3) is 1.32. The van der Waals surface area contributed by atoms with Crippen LogP contribution in [0.1, 0.15) is 23.2 Å². The van der Waals surface area contributed by atoms with Crippen molar-refractivity contribution in [2.45, 2.75) is 18.9 Å². The van der Waals surface area contributed by atoms with E-state index in [0.29, 0.717) is 11.3 Å². The van der Waals surface area contributed by atoms with Crippen molar-refractivity contribution in [1.82, 2.24) is 4.90 Å². The van der Waals surface area contributed by atoms with Gasteiger partial charge < -0.3 is 4.90 Å². The molecule has 5 heteroatoms. The number of amidine groups is 1. The van der Waals surface area contributed by atoms with Gasteiger partial charge in [-0.2, -0.15) is 0 Å². The molecule has 0 aliphatic carbocycles. The van der Waals surface area contributed by atoms with Crippen LogP contribution in [0.15, 0.2) is 29.3 Å². The van der Waals surface area contributed by atoms with Crippen molar-refractivity contribution in [3.8, 4) is 0 Å². The summed E-state index contributed by atoms with van der Waals surface area (Å²) in [6.07, 6.45) is 1.86. The summed E-state index contributed by atoms with van der Waals surface area (Å²) in [7, 11) is 0. The topological polar surface area (TPSA) is 53.0 Å². The van der Waals surface area contributed by atoms with Gasteiger partial charge in [0.15, 0.2) is 0 Å². The molecular formula is C14H13N3O2. The highest BCUT2D eigenvalue weighted by molar-refractivity contribution is 6.27. The lowest BCUT2D eigenvalue weighted by Gasteiger charge is -2.24. The Bertz CT molecular complexity index is 623. The van der Waals surface area contributed by atoms with Gasteiger partial charge in [-0.25, -0.2) is 0 Å². The fourth-order valence-corrected chi connectivity index (χ4v) is 3.21. The van der Waals surface area contributed by atoms with Crippen molar-refractivity contribution < 1.29 is 9.59 Å². The fraction of sp³-hybridized carbons (Fsp3) is 0.357. The standard InChI is InChI=1S/C14H13N3O2/c18-12-8-15-13-11-6-3-7-16(11)14(19)9-4-1-2-5-10(9)17(12)13/h1-2,4-5,11H,3,6-8H2/t11-/m0/s1. The Morgan fingerprint density at radius 3 is 2.95 bits per heavy atom. The summed E-state index contributed by atoms with van der Waals surface area (Å²) in [5.41, 5.74) is 1.29. The van der Waals surface area contributed by atoms with Gasteiger partial charge in [-0.3, -0.25) is 19.5 Å². The summed E-state index contributed by atoms with van der Waals surface area (Å²) in [6, 6.07) is 7.28. The number of fused-ring (bicyclic) bond motifs is 5. The predicted octanol–water partition coefficient (Wildman–Crippen LogP) is 1.05. The molecule has 0 aromatic heterocycles. The minimum atomic E-state index is -0.0380. The molecule has 19 heavy (non-hydrogen) atoms. The molecule has 1 fully saturated rings. The van der Waals surface area contributed by atoms with E-state index in [2.05, 4.69) is 4.99 Å². The smallest absolute Gasteiger partial charge is 0.256 e. The Balaban J connectivity index is 1.97. The Morgan fingerprint density at radius 1 is 1.21 bits per heavy atom. The molecule has 1 atom stereocenters. The van der Waals surface area contributed by atoms with Crippen LogP contribution in [-0.4, -0.2) is 41.7 Å². The van der Waals surface area contributed by atoms with Gasteiger partial charge in [-0.05, 0) is 25.0 Å². The first kappa shape index (κ1) is 10.7. The number of nitrogens with zero attached hydrogens (tertiary/aromatic N) is 3. The number of amides is 2. The molecule has 0 radical (unpaired) electrons. The summed E-state index contributed by atoms with van der Waals surface area (Å²) < 4.78 is 0. The van der Waals surface area contributed by atoms with Gasteiger partial charge in [-0.1, -0.05) is 12.1 Å². The molecular weight excluding hydrogens is 242 g/mol. The first-order valence-corrected chi connectivity index (χ1v) is 6.54. The molecule has 96 valence electrons. The number of aliphatic imine (C=N–C) groups is 1. The first-order valence-electron chi connectivity index (χ1n) is 6.54. The Hall–Kier alpha value is -2.17. The maximum absolute atomic E-state index is 12.6. The van der Waals surface area contributed by atoms with Crippen molar-refractivity contribution in [1.29, 1.82) is 0 Å². The second-order valence-corrected chi connectivity index (χ2v) is 5.08. The van der Waals surface area contributed by atoms with Crippen molar-refractivity contribution in [3.05, 3.63) is 29.8 Å². The van der Waals surface area contributed by atoms with Gasteiger partial charge in [-0.15, -0.1) is 0 Å². The predicted molar refractivity (Wildman–Crippen MR) is 70.3 cm³/mol. The van der Waals surface area contributed by atoms with E-state index >= 15 is 0 Å². The fourth-order valence-electron chi connectivity index (χ4n) is 3.21. The van der Waals surface area contributed by atoms with E-state index in [1.807, 2.05) is 23.1 Å². The number of anilines is 1. The maximum Gasteiger partial charge on any atom is 0.256 e. The number of carbonyl (C=O) groups excluding carboxylic acids is 2. The van der Waals surface area contributed by atoms with E-state index in [1.54, 1.807) is 11.0 Å². The Kier molecular flexibility index (Phi) is 2.07. The molecule has 3 aliphatic heterocycles. The zero-order valence-electron chi connectivity index (χ0n) is 10.4. The summed E-state index contributed by atoms with van der Waals surface area (Å²) in [6.45, 7) is 0.946. The van der Waals surface area contributed by atoms with E-state index in [4.69, 9.17) is 0 Å². The average molecular weight is 255 g/mol. The number of para-hydroxylation sites is 1. The van der Waals surface area contributed by atoms with Crippen molar-refractivity contribution >= 4 is 23.3 Å². The van der Waals surface area contributed by atoms with Gasteiger partial charge in [0.25, 0.3) is 11.8 Å². The third-order valence-corrected chi connectivity index (χ3v) is 4.04. The first-order chi connectivity index (χ1) is 9.27. The van der Waals surface area contributed by atoms with Crippen LogP contribution in [-0.2, 0) is 4.79 Å². The minimum Gasteiger partial charge on any atom is -0.328 e. The molecule has 3 aliphatic rings. The summed E-state index contributed by atoms with van der Waals surface area (Å²) in [5.74, 6) is 0.729. The van der Waals surface area contributed by atoms with Crippen LogP contribution in [0, 0.1) is 0 Å². The normalized spacial score (nSPS) is 24.8. The molecule has 5 nitrogen and oxygen atoms in total. The summed E-state index contributed by atoms with van der Waals surface area (Å²) in [5, 5.41) is 0. The molecule has 0 saturated carbocycles. The quantitative estimate of drug-likeness (QED) is 0.695. The van der Waals surface area contributed by atoms with Gasteiger partial charge in [0.2, 0.25) is 0 Å². The minimum absolute atomic E-state index is 0.0167. The van der Waals surface area contributed by atoms with Gasteiger partial charge >= 0.3 is 0 Å². The monoisotopic (exact) mass is 255 g/mol. The SMILES string of the molecule is O=C1CN=C2[C@@H]3CCCN3C(=O)c3ccccc3N12. The largest absolute Gasteiger partial charge is 0.328 e. The van der Waals surface area contributed by atoms with Crippen LogP contribution in [0.2, 0.25) is 0 Å². The van der Waals surface area contributed by atoms with Crippen molar-refractivity contribution in [3.63, 3.8) is 0 Å². The van der Waals surface area contributed by atoms with Crippen LogP contribution in [0.5, 0.6) is 0 Å². The molecule has 3 heterocycles.